The number of rotatable bonds is 5. The highest BCUT2D eigenvalue weighted by Gasteiger charge is 2.10. The van der Waals surface area contributed by atoms with Crippen LogP contribution < -0.4 is 4.74 Å². The third-order valence-corrected chi connectivity index (χ3v) is 3.35. The first kappa shape index (κ1) is 11.5. The molecule has 1 aliphatic carbocycles. The molecule has 0 saturated heterocycles. The van der Waals surface area contributed by atoms with E-state index >= 15 is 0 Å². The molecule has 0 fully saturated rings. The lowest BCUT2D eigenvalue weighted by atomic mass is 10.1. The molecule has 0 amide bonds. The highest BCUT2D eigenvalue weighted by atomic mass is 16.5. The Kier molecular flexibility index (Phi) is 3.83. The van der Waals surface area contributed by atoms with Crippen LogP contribution in [0.4, 0.5) is 0 Å². The van der Waals surface area contributed by atoms with E-state index in [4.69, 9.17) is 4.74 Å². The molecule has 2 rings (SSSR count). The molecule has 0 saturated carbocycles. The molecule has 16 heavy (non-hydrogen) atoms. The van der Waals surface area contributed by atoms with Crippen LogP contribution in [0.15, 0.2) is 18.2 Å². The SMILES string of the molecule is CCN(C)CCOc1ccc2c(c1)CCC2. The van der Waals surface area contributed by atoms with E-state index in [0.717, 1.165) is 25.4 Å². The summed E-state index contributed by atoms with van der Waals surface area (Å²) in [7, 11) is 2.12. The number of hydrogen-bond acceptors (Lipinski definition) is 2. The van der Waals surface area contributed by atoms with Gasteiger partial charge in [0.25, 0.3) is 0 Å². The Hall–Kier alpha value is -1.02. The van der Waals surface area contributed by atoms with E-state index < -0.39 is 0 Å². The monoisotopic (exact) mass is 219 g/mol. The molecule has 88 valence electrons. The Bertz CT molecular complexity index is 349. The second-order valence-corrected chi connectivity index (χ2v) is 4.53. The van der Waals surface area contributed by atoms with Gasteiger partial charge in [0, 0.05) is 6.54 Å². The van der Waals surface area contributed by atoms with E-state index in [1.165, 1.54) is 30.4 Å². The third kappa shape index (κ3) is 2.76. The fraction of sp³-hybridized carbons (Fsp3) is 0.571. The van der Waals surface area contributed by atoms with Gasteiger partial charge in [0.2, 0.25) is 0 Å². The largest absolute Gasteiger partial charge is 0.492 e. The van der Waals surface area contributed by atoms with Gasteiger partial charge >= 0.3 is 0 Å². The number of aryl methyl sites for hydroxylation is 2. The van der Waals surface area contributed by atoms with Crippen LogP contribution in [-0.2, 0) is 12.8 Å². The summed E-state index contributed by atoms with van der Waals surface area (Å²) >= 11 is 0. The lowest BCUT2D eigenvalue weighted by molar-refractivity contribution is 0.243. The summed E-state index contributed by atoms with van der Waals surface area (Å²) in [5.74, 6) is 1.03. The van der Waals surface area contributed by atoms with Gasteiger partial charge in [0.15, 0.2) is 0 Å². The zero-order valence-electron chi connectivity index (χ0n) is 10.3. The first-order chi connectivity index (χ1) is 7.79. The smallest absolute Gasteiger partial charge is 0.119 e. The molecule has 0 N–H and O–H groups in total. The number of fused-ring (bicyclic) bond motifs is 1. The van der Waals surface area contributed by atoms with Gasteiger partial charge in [-0.1, -0.05) is 13.0 Å². The minimum absolute atomic E-state index is 0.781. The molecule has 0 atom stereocenters. The van der Waals surface area contributed by atoms with Crippen molar-refractivity contribution >= 4 is 0 Å². The van der Waals surface area contributed by atoms with Crippen molar-refractivity contribution in [2.45, 2.75) is 26.2 Å². The van der Waals surface area contributed by atoms with Crippen LogP contribution in [0.25, 0.3) is 0 Å². The van der Waals surface area contributed by atoms with Crippen LogP contribution in [0, 0.1) is 0 Å². The Balaban J connectivity index is 1.86. The molecule has 0 spiro atoms. The second-order valence-electron chi connectivity index (χ2n) is 4.53. The van der Waals surface area contributed by atoms with Gasteiger partial charge < -0.3 is 9.64 Å². The number of nitrogens with zero attached hydrogens (tertiary/aromatic N) is 1. The maximum Gasteiger partial charge on any atom is 0.119 e. The zero-order valence-corrected chi connectivity index (χ0v) is 10.3. The van der Waals surface area contributed by atoms with Gasteiger partial charge in [-0.05, 0) is 56.1 Å². The van der Waals surface area contributed by atoms with E-state index in [0.29, 0.717) is 0 Å². The minimum Gasteiger partial charge on any atom is -0.492 e. The minimum atomic E-state index is 0.781. The summed E-state index contributed by atoms with van der Waals surface area (Å²) in [6.07, 6.45) is 3.77. The van der Waals surface area contributed by atoms with Gasteiger partial charge in [-0.25, -0.2) is 0 Å². The molecule has 0 heterocycles. The Morgan fingerprint density at radius 3 is 2.88 bits per heavy atom. The Morgan fingerprint density at radius 1 is 1.25 bits per heavy atom. The second kappa shape index (κ2) is 5.35. The summed E-state index contributed by atoms with van der Waals surface area (Å²) in [5.41, 5.74) is 3.00. The molecule has 0 unspecified atom stereocenters. The van der Waals surface area contributed by atoms with E-state index in [1.807, 2.05) is 0 Å². The summed E-state index contributed by atoms with van der Waals surface area (Å²) in [6.45, 7) is 5.01. The number of ether oxygens (including phenoxy) is 1. The number of likely N-dealkylation sites (N-methyl/N-ethyl adjacent to an activating group) is 1. The van der Waals surface area contributed by atoms with Crippen molar-refractivity contribution in [3.8, 4) is 5.75 Å². The van der Waals surface area contributed by atoms with Crippen LogP contribution in [-0.4, -0.2) is 31.6 Å². The van der Waals surface area contributed by atoms with Crippen molar-refractivity contribution in [1.82, 2.24) is 4.90 Å². The van der Waals surface area contributed by atoms with Crippen molar-refractivity contribution < 1.29 is 4.74 Å². The lowest BCUT2D eigenvalue weighted by Crippen LogP contribution is -2.23. The van der Waals surface area contributed by atoms with Gasteiger partial charge in [-0.2, -0.15) is 0 Å². The first-order valence-electron chi connectivity index (χ1n) is 6.22. The fourth-order valence-corrected chi connectivity index (χ4v) is 2.12. The van der Waals surface area contributed by atoms with E-state index in [2.05, 4.69) is 37.1 Å². The quantitative estimate of drug-likeness (QED) is 0.754. The van der Waals surface area contributed by atoms with Gasteiger partial charge in [0.1, 0.15) is 12.4 Å². The van der Waals surface area contributed by atoms with Crippen LogP contribution >= 0.6 is 0 Å². The summed E-state index contributed by atoms with van der Waals surface area (Å²) in [4.78, 5) is 2.26. The zero-order chi connectivity index (χ0) is 11.4. The Labute approximate surface area is 98.2 Å². The van der Waals surface area contributed by atoms with Crippen LogP contribution in [0.3, 0.4) is 0 Å². The maximum atomic E-state index is 5.76. The molecule has 0 aromatic heterocycles. The number of hydrogen-bond donors (Lipinski definition) is 0. The third-order valence-electron chi connectivity index (χ3n) is 3.35. The molecule has 2 nitrogen and oxygen atoms in total. The molecule has 0 radical (unpaired) electrons. The first-order valence-corrected chi connectivity index (χ1v) is 6.22. The summed E-state index contributed by atoms with van der Waals surface area (Å²) in [6, 6.07) is 6.55. The van der Waals surface area contributed by atoms with E-state index in [9.17, 15) is 0 Å². The topological polar surface area (TPSA) is 12.5 Å². The van der Waals surface area contributed by atoms with E-state index in [1.54, 1.807) is 0 Å². The summed E-state index contributed by atoms with van der Waals surface area (Å²) in [5, 5.41) is 0. The molecule has 0 bridgehead atoms. The van der Waals surface area contributed by atoms with Crippen molar-refractivity contribution in [3.05, 3.63) is 29.3 Å². The molecular formula is C14H21NO. The fourth-order valence-electron chi connectivity index (χ4n) is 2.12. The van der Waals surface area contributed by atoms with Gasteiger partial charge in [-0.3, -0.25) is 0 Å². The van der Waals surface area contributed by atoms with Crippen LogP contribution in [0.2, 0.25) is 0 Å². The van der Waals surface area contributed by atoms with Crippen LogP contribution in [0.1, 0.15) is 24.5 Å². The van der Waals surface area contributed by atoms with Gasteiger partial charge in [-0.15, -0.1) is 0 Å². The average Bonchev–Trinajstić information content (AvgIpc) is 2.76. The highest BCUT2D eigenvalue weighted by molar-refractivity contribution is 5.38. The van der Waals surface area contributed by atoms with Crippen LogP contribution in [0.5, 0.6) is 5.75 Å². The number of benzene rings is 1. The van der Waals surface area contributed by atoms with E-state index in [-0.39, 0.29) is 0 Å². The molecule has 1 aliphatic rings. The highest BCUT2D eigenvalue weighted by Crippen LogP contribution is 2.25. The molecule has 1 aromatic carbocycles. The Morgan fingerprint density at radius 2 is 2.06 bits per heavy atom. The molecular weight excluding hydrogens is 198 g/mol. The molecule has 0 aliphatic heterocycles. The maximum absolute atomic E-state index is 5.76. The van der Waals surface area contributed by atoms with Crippen molar-refractivity contribution in [1.29, 1.82) is 0 Å². The van der Waals surface area contributed by atoms with Gasteiger partial charge in [0.05, 0.1) is 0 Å². The average molecular weight is 219 g/mol. The molecule has 1 aromatic rings. The normalized spacial score (nSPS) is 14.2. The summed E-state index contributed by atoms with van der Waals surface area (Å²) < 4.78 is 5.76. The van der Waals surface area contributed by atoms with Crippen molar-refractivity contribution in [3.63, 3.8) is 0 Å². The van der Waals surface area contributed by atoms with Crippen molar-refractivity contribution in [2.24, 2.45) is 0 Å². The predicted octanol–water partition coefficient (Wildman–Crippen LogP) is 2.51. The standard InChI is InChI=1S/C14H21NO/c1-3-15(2)9-10-16-14-8-7-12-5-4-6-13(12)11-14/h7-8,11H,3-6,9-10H2,1-2H3. The predicted molar refractivity (Wildman–Crippen MR) is 67.1 cm³/mol. The molecule has 2 heteroatoms. The van der Waals surface area contributed by atoms with Crippen molar-refractivity contribution in [2.75, 3.05) is 26.7 Å². The lowest BCUT2D eigenvalue weighted by Gasteiger charge is -2.14.